The third-order valence-electron chi connectivity index (χ3n) is 5.06. The highest BCUT2D eigenvalue weighted by atomic mass is 16.5. The van der Waals surface area contributed by atoms with Crippen molar-refractivity contribution in [1.82, 2.24) is 19.4 Å². The predicted octanol–water partition coefficient (Wildman–Crippen LogP) is -4.13. The number of rotatable bonds is 10. The molecule has 0 bridgehead atoms. The summed E-state index contributed by atoms with van der Waals surface area (Å²) in [6.07, 6.45) is -5.27. The summed E-state index contributed by atoms with van der Waals surface area (Å²) in [5, 5.41) is 47.7. The van der Waals surface area contributed by atoms with Gasteiger partial charge in [0, 0.05) is 58.1 Å². The summed E-state index contributed by atoms with van der Waals surface area (Å²) in [4.78, 5) is 30.8. The number of methoxy groups -OCH3 is 1. The zero-order valence-electron chi connectivity index (χ0n) is 16.3. The SMILES string of the molecule is COC([C@@H](O)[C@H](O)[C@H](O)CO)n1cc(CN2CCN(CCO)CC2)c(=O)[nH]c1=O. The fourth-order valence-corrected chi connectivity index (χ4v) is 3.30. The average molecular weight is 418 g/mol. The molecule has 12 nitrogen and oxygen atoms in total. The molecule has 6 N–H and O–H groups in total. The summed E-state index contributed by atoms with van der Waals surface area (Å²) in [5.74, 6) is 0. The molecule has 166 valence electrons. The van der Waals surface area contributed by atoms with Crippen LogP contribution >= 0.6 is 0 Å². The van der Waals surface area contributed by atoms with Crippen molar-refractivity contribution in [2.45, 2.75) is 31.1 Å². The second kappa shape index (κ2) is 10.9. The summed E-state index contributed by atoms with van der Waals surface area (Å²) in [7, 11) is 1.20. The quantitative estimate of drug-likeness (QED) is 0.219. The van der Waals surface area contributed by atoms with E-state index in [0.29, 0.717) is 19.6 Å². The van der Waals surface area contributed by atoms with Crippen molar-refractivity contribution in [2.75, 3.05) is 53.0 Å². The van der Waals surface area contributed by atoms with Gasteiger partial charge in [-0.25, -0.2) is 4.79 Å². The number of nitrogens with zero attached hydrogens (tertiary/aromatic N) is 3. The Labute approximate surface area is 167 Å². The molecule has 12 heteroatoms. The van der Waals surface area contributed by atoms with E-state index in [4.69, 9.17) is 14.9 Å². The summed E-state index contributed by atoms with van der Waals surface area (Å²) in [5.41, 5.74) is -1.14. The van der Waals surface area contributed by atoms with Gasteiger partial charge in [-0.15, -0.1) is 0 Å². The van der Waals surface area contributed by atoms with Gasteiger partial charge >= 0.3 is 5.69 Å². The van der Waals surface area contributed by atoms with Gasteiger partial charge in [-0.1, -0.05) is 0 Å². The number of aromatic amines is 1. The molecule has 1 saturated heterocycles. The second-order valence-corrected chi connectivity index (χ2v) is 7.02. The van der Waals surface area contributed by atoms with Gasteiger partial charge in [0.2, 0.25) is 0 Å². The van der Waals surface area contributed by atoms with Crippen molar-refractivity contribution in [3.05, 3.63) is 32.6 Å². The van der Waals surface area contributed by atoms with Crippen LogP contribution in [-0.2, 0) is 11.3 Å². The molecule has 1 aliphatic rings. The van der Waals surface area contributed by atoms with Gasteiger partial charge in [-0.2, -0.15) is 0 Å². The van der Waals surface area contributed by atoms with Crippen LogP contribution in [0.2, 0.25) is 0 Å². The van der Waals surface area contributed by atoms with Crippen LogP contribution in [0.3, 0.4) is 0 Å². The summed E-state index contributed by atoms with van der Waals surface area (Å²) in [6, 6.07) is 0. The Balaban J connectivity index is 2.19. The topological polar surface area (TPSA) is 172 Å². The molecule has 0 saturated carbocycles. The van der Waals surface area contributed by atoms with Gasteiger partial charge in [-0.05, 0) is 0 Å². The number of β-amino-alcohol motifs (C(OH)–C–C–N with tert-alkyl or cyclic N) is 1. The first-order chi connectivity index (χ1) is 13.8. The van der Waals surface area contributed by atoms with Crippen LogP contribution in [-0.4, -0.2) is 116 Å². The molecule has 1 aromatic rings. The van der Waals surface area contributed by atoms with Crippen molar-refractivity contribution in [3.8, 4) is 0 Å². The van der Waals surface area contributed by atoms with E-state index in [9.17, 15) is 24.9 Å². The number of hydrogen-bond acceptors (Lipinski definition) is 10. The van der Waals surface area contributed by atoms with E-state index in [1.807, 2.05) is 4.90 Å². The summed E-state index contributed by atoms with van der Waals surface area (Å²) < 4.78 is 6.06. The zero-order valence-corrected chi connectivity index (χ0v) is 16.3. The van der Waals surface area contributed by atoms with Gasteiger partial charge < -0.3 is 30.3 Å². The van der Waals surface area contributed by atoms with Gasteiger partial charge in [0.1, 0.15) is 18.3 Å². The van der Waals surface area contributed by atoms with Crippen molar-refractivity contribution in [1.29, 1.82) is 0 Å². The lowest BCUT2D eigenvalue weighted by Gasteiger charge is -2.34. The highest BCUT2D eigenvalue weighted by Gasteiger charge is 2.33. The van der Waals surface area contributed by atoms with Crippen molar-refractivity contribution < 1.29 is 30.3 Å². The average Bonchev–Trinajstić information content (AvgIpc) is 2.71. The zero-order chi connectivity index (χ0) is 21.6. The number of hydrogen-bond donors (Lipinski definition) is 6. The minimum absolute atomic E-state index is 0.0855. The number of nitrogens with one attached hydrogen (secondary N) is 1. The van der Waals surface area contributed by atoms with E-state index in [-0.39, 0.29) is 18.7 Å². The Morgan fingerprint density at radius 2 is 1.69 bits per heavy atom. The Morgan fingerprint density at radius 1 is 1.07 bits per heavy atom. The Bertz CT molecular complexity index is 746. The maximum absolute atomic E-state index is 12.2. The van der Waals surface area contributed by atoms with Crippen LogP contribution in [0.5, 0.6) is 0 Å². The normalized spacial score (nSPS) is 20.3. The molecular weight excluding hydrogens is 388 g/mol. The number of aromatic nitrogens is 2. The van der Waals surface area contributed by atoms with Gasteiger partial charge in [0.15, 0.2) is 6.23 Å². The Kier molecular flexibility index (Phi) is 8.92. The third-order valence-corrected chi connectivity index (χ3v) is 5.06. The monoisotopic (exact) mass is 418 g/mol. The maximum Gasteiger partial charge on any atom is 0.330 e. The summed E-state index contributed by atoms with van der Waals surface area (Å²) >= 11 is 0. The van der Waals surface area contributed by atoms with Gasteiger partial charge in [0.05, 0.1) is 13.2 Å². The van der Waals surface area contributed by atoms with E-state index < -0.39 is 42.4 Å². The molecule has 1 aromatic heterocycles. The lowest BCUT2D eigenvalue weighted by atomic mass is 10.1. The number of aliphatic hydroxyl groups excluding tert-OH is 5. The molecule has 29 heavy (non-hydrogen) atoms. The lowest BCUT2D eigenvalue weighted by Crippen LogP contribution is -2.49. The standard InChI is InChI=1S/C17H30N4O8/c1-29-16(14(26)13(25)12(24)10-23)21-9-11(15(27)18-17(21)28)8-20-4-2-19(3-5-20)6-7-22/h9,12-14,16,22-26H,2-8,10H2,1H3,(H,18,27,28)/t12-,13-,14+,16?/m1/s1. The van der Waals surface area contributed by atoms with E-state index in [1.165, 1.54) is 13.3 Å². The maximum atomic E-state index is 12.2. The first-order valence-electron chi connectivity index (χ1n) is 9.40. The van der Waals surface area contributed by atoms with Crippen LogP contribution in [0.4, 0.5) is 0 Å². The molecule has 4 atom stereocenters. The second-order valence-electron chi connectivity index (χ2n) is 7.02. The summed E-state index contributed by atoms with van der Waals surface area (Å²) in [6.45, 7) is 2.98. The first-order valence-corrected chi connectivity index (χ1v) is 9.40. The van der Waals surface area contributed by atoms with Crippen LogP contribution in [0.25, 0.3) is 0 Å². The predicted molar refractivity (Wildman–Crippen MR) is 101 cm³/mol. The van der Waals surface area contributed by atoms with Crippen LogP contribution in [0.15, 0.2) is 15.8 Å². The highest BCUT2D eigenvalue weighted by Crippen LogP contribution is 2.16. The molecule has 2 rings (SSSR count). The third kappa shape index (κ3) is 5.93. The highest BCUT2D eigenvalue weighted by molar-refractivity contribution is 5.06. The molecule has 0 aliphatic carbocycles. The Morgan fingerprint density at radius 3 is 2.24 bits per heavy atom. The number of ether oxygens (including phenoxy) is 1. The van der Waals surface area contributed by atoms with E-state index in [2.05, 4.69) is 9.88 Å². The van der Waals surface area contributed by atoms with Crippen molar-refractivity contribution in [3.63, 3.8) is 0 Å². The first kappa shape index (κ1) is 23.6. The molecule has 0 spiro atoms. The minimum atomic E-state index is -1.77. The minimum Gasteiger partial charge on any atom is -0.395 e. The molecule has 2 heterocycles. The molecule has 1 fully saturated rings. The van der Waals surface area contributed by atoms with Crippen LogP contribution in [0.1, 0.15) is 11.8 Å². The smallest absolute Gasteiger partial charge is 0.330 e. The van der Waals surface area contributed by atoms with Crippen molar-refractivity contribution in [2.24, 2.45) is 0 Å². The largest absolute Gasteiger partial charge is 0.395 e. The molecule has 0 radical (unpaired) electrons. The van der Waals surface area contributed by atoms with Crippen LogP contribution < -0.4 is 11.2 Å². The van der Waals surface area contributed by atoms with E-state index >= 15 is 0 Å². The number of piperazine rings is 1. The van der Waals surface area contributed by atoms with Gasteiger partial charge in [0.25, 0.3) is 5.56 Å². The fourth-order valence-electron chi connectivity index (χ4n) is 3.30. The Hall–Kier alpha value is -1.64. The fraction of sp³-hybridized carbons (Fsp3) is 0.765. The number of aliphatic hydroxyl groups is 5. The molecular formula is C17H30N4O8. The molecule has 1 aliphatic heterocycles. The number of H-pyrrole nitrogens is 1. The van der Waals surface area contributed by atoms with Gasteiger partial charge in [-0.3, -0.25) is 24.1 Å². The van der Waals surface area contributed by atoms with Crippen molar-refractivity contribution >= 4 is 0 Å². The van der Waals surface area contributed by atoms with E-state index in [1.54, 1.807) is 0 Å². The van der Waals surface area contributed by atoms with Crippen LogP contribution in [0, 0.1) is 0 Å². The van der Waals surface area contributed by atoms with E-state index in [0.717, 1.165) is 17.7 Å². The molecule has 0 amide bonds. The lowest BCUT2D eigenvalue weighted by molar-refractivity contribution is -0.146. The molecule has 1 unspecified atom stereocenters. The molecule has 0 aromatic carbocycles.